The lowest BCUT2D eigenvalue weighted by molar-refractivity contribution is -0.132. The molecule has 0 unspecified atom stereocenters. The average Bonchev–Trinajstić information content (AvgIpc) is 2.88. The number of unbranched alkanes of at least 4 members (excludes halogenated alkanes) is 1. The highest BCUT2D eigenvalue weighted by Gasteiger charge is 2.38. The van der Waals surface area contributed by atoms with Crippen molar-refractivity contribution in [3.05, 3.63) is 35.9 Å². The molecule has 0 saturated carbocycles. The molecule has 1 aromatic rings. The molecule has 0 spiro atoms. The van der Waals surface area contributed by atoms with Gasteiger partial charge in [-0.2, -0.15) is 0 Å². The quantitative estimate of drug-likeness (QED) is 0.744. The number of hydrogen-bond donors (Lipinski definition) is 1. The summed E-state index contributed by atoms with van der Waals surface area (Å²) in [6, 6.07) is 9.99. The number of carbonyl (C=O) groups excluding carboxylic acids is 2. The van der Waals surface area contributed by atoms with Crippen LogP contribution in [0.2, 0.25) is 0 Å². The maximum atomic E-state index is 12.2. The summed E-state index contributed by atoms with van der Waals surface area (Å²) in [5.74, 6) is 0.0898. The van der Waals surface area contributed by atoms with Crippen molar-refractivity contribution in [3.8, 4) is 0 Å². The van der Waals surface area contributed by atoms with Crippen LogP contribution in [0.25, 0.3) is 0 Å². The van der Waals surface area contributed by atoms with E-state index in [0.717, 1.165) is 18.4 Å². The van der Waals surface area contributed by atoms with E-state index < -0.39 is 6.10 Å². The Hall–Kier alpha value is -1.88. The van der Waals surface area contributed by atoms with E-state index >= 15 is 0 Å². The second kappa shape index (κ2) is 8.83. The predicted octanol–water partition coefficient (Wildman–Crippen LogP) is 2.53. The van der Waals surface area contributed by atoms with Crippen LogP contribution in [0.1, 0.15) is 44.7 Å². The van der Waals surface area contributed by atoms with Gasteiger partial charge in [0.05, 0.1) is 6.04 Å². The predicted molar refractivity (Wildman–Crippen MR) is 93.4 cm³/mol. The fourth-order valence-corrected chi connectivity index (χ4v) is 3.14. The van der Waals surface area contributed by atoms with E-state index in [4.69, 9.17) is 4.74 Å². The maximum Gasteiger partial charge on any atom is 0.248 e. The highest BCUT2D eigenvalue weighted by Crippen LogP contribution is 2.36. The third-order valence-electron chi connectivity index (χ3n) is 4.61. The average molecular weight is 332 g/mol. The Kier molecular flexibility index (Phi) is 6.79. The van der Waals surface area contributed by atoms with Crippen molar-refractivity contribution in [2.45, 2.75) is 45.3 Å². The molecular weight excluding hydrogens is 304 g/mol. The molecule has 1 fully saturated rings. The van der Waals surface area contributed by atoms with Crippen LogP contribution in [0.3, 0.4) is 0 Å². The summed E-state index contributed by atoms with van der Waals surface area (Å²) in [5.41, 5.74) is 1.11. The van der Waals surface area contributed by atoms with Crippen molar-refractivity contribution in [2.75, 3.05) is 20.2 Å². The van der Waals surface area contributed by atoms with Crippen LogP contribution >= 0.6 is 0 Å². The van der Waals surface area contributed by atoms with E-state index in [1.807, 2.05) is 37.4 Å². The summed E-state index contributed by atoms with van der Waals surface area (Å²) in [4.78, 5) is 26.1. The van der Waals surface area contributed by atoms with Crippen LogP contribution in [0, 0.1) is 5.92 Å². The third kappa shape index (κ3) is 4.57. The molecule has 1 heterocycles. The van der Waals surface area contributed by atoms with Gasteiger partial charge in [-0.15, -0.1) is 0 Å². The van der Waals surface area contributed by atoms with E-state index in [1.165, 1.54) is 0 Å². The Balaban J connectivity index is 1.93. The van der Waals surface area contributed by atoms with Crippen molar-refractivity contribution in [1.29, 1.82) is 0 Å². The molecule has 1 aromatic carbocycles. The standard InChI is InChI=1S/C19H28N2O3/c1-4-5-11-24-14(2)19(23)20-13-16-12-17(22)21(3)18(16)15-9-7-6-8-10-15/h6-10,14,16,18H,4-5,11-13H2,1-3H3,(H,20,23)/t14-,16-,18+/m1/s1. The van der Waals surface area contributed by atoms with Crippen molar-refractivity contribution < 1.29 is 14.3 Å². The Labute approximate surface area is 144 Å². The number of likely N-dealkylation sites (tertiary alicyclic amines) is 1. The second-order valence-corrected chi connectivity index (χ2v) is 6.44. The molecule has 5 nitrogen and oxygen atoms in total. The van der Waals surface area contributed by atoms with E-state index in [1.54, 1.807) is 11.8 Å². The smallest absolute Gasteiger partial charge is 0.248 e. The van der Waals surface area contributed by atoms with Gasteiger partial charge in [0, 0.05) is 32.5 Å². The van der Waals surface area contributed by atoms with Gasteiger partial charge in [0.1, 0.15) is 6.10 Å². The number of nitrogens with zero attached hydrogens (tertiary/aromatic N) is 1. The molecular formula is C19H28N2O3. The van der Waals surface area contributed by atoms with Gasteiger partial charge in [0.15, 0.2) is 0 Å². The van der Waals surface area contributed by atoms with Gasteiger partial charge in [-0.1, -0.05) is 43.7 Å². The van der Waals surface area contributed by atoms with Gasteiger partial charge in [-0.3, -0.25) is 9.59 Å². The normalized spacial score (nSPS) is 21.8. The number of ether oxygens (including phenoxy) is 1. The van der Waals surface area contributed by atoms with Crippen molar-refractivity contribution >= 4 is 11.8 Å². The van der Waals surface area contributed by atoms with Crippen LogP contribution in [-0.2, 0) is 14.3 Å². The number of nitrogens with one attached hydrogen (secondary N) is 1. The summed E-state index contributed by atoms with van der Waals surface area (Å²) in [7, 11) is 1.83. The van der Waals surface area contributed by atoms with Crippen LogP contribution < -0.4 is 5.32 Å². The molecule has 1 N–H and O–H groups in total. The molecule has 3 atom stereocenters. The Morgan fingerprint density at radius 2 is 2.08 bits per heavy atom. The van der Waals surface area contributed by atoms with Gasteiger partial charge in [0.25, 0.3) is 0 Å². The monoisotopic (exact) mass is 332 g/mol. The summed E-state index contributed by atoms with van der Waals surface area (Å²) in [5, 5.41) is 2.95. The molecule has 0 radical (unpaired) electrons. The fraction of sp³-hybridized carbons (Fsp3) is 0.579. The lowest BCUT2D eigenvalue weighted by Gasteiger charge is -2.26. The molecule has 24 heavy (non-hydrogen) atoms. The summed E-state index contributed by atoms with van der Waals surface area (Å²) >= 11 is 0. The van der Waals surface area contributed by atoms with E-state index in [9.17, 15) is 9.59 Å². The zero-order valence-electron chi connectivity index (χ0n) is 14.8. The van der Waals surface area contributed by atoms with E-state index in [0.29, 0.717) is 19.6 Å². The number of benzene rings is 1. The zero-order valence-corrected chi connectivity index (χ0v) is 14.8. The number of amides is 2. The number of hydrogen-bond acceptors (Lipinski definition) is 3. The van der Waals surface area contributed by atoms with Crippen LogP contribution in [0.5, 0.6) is 0 Å². The fourth-order valence-electron chi connectivity index (χ4n) is 3.14. The van der Waals surface area contributed by atoms with E-state index in [-0.39, 0.29) is 23.8 Å². The molecule has 0 bridgehead atoms. The Morgan fingerprint density at radius 1 is 1.38 bits per heavy atom. The van der Waals surface area contributed by atoms with Crippen molar-refractivity contribution in [1.82, 2.24) is 10.2 Å². The summed E-state index contributed by atoms with van der Waals surface area (Å²) < 4.78 is 5.52. The van der Waals surface area contributed by atoms with Crippen LogP contribution in [-0.4, -0.2) is 43.0 Å². The molecule has 132 valence electrons. The number of carbonyl (C=O) groups is 2. The van der Waals surface area contributed by atoms with Gasteiger partial charge in [-0.05, 0) is 18.9 Å². The minimum Gasteiger partial charge on any atom is -0.369 e. The van der Waals surface area contributed by atoms with Gasteiger partial charge in [-0.25, -0.2) is 0 Å². The summed E-state index contributed by atoms with van der Waals surface area (Å²) in [6.07, 6.45) is 2.00. The topological polar surface area (TPSA) is 58.6 Å². The van der Waals surface area contributed by atoms with Gasteiger partial charge in [0.2, 0.25) is 11.8 Å². The third-order valence-corrected chi connectivity index (χ3v) is 4.61. The minimum atomic E-state index is -0.457. The lowest BCUT2D eigenvalue weighted by Crippen LogP contribution is -2.38. The maximum absolute atomic E-state index is 12.2. The first-order valence-corrected chi connectivity index (χ1v) is 8.74. The molecule has 0 aromatic heterocycles. The van der Waals surface area contributed by atoms with Crippen molar-refractivity contribution in [2.24, 2.45) is 5.92 Å². The largest absolute Gasteiger partial charge is 0.369 e. The van der Waals surface area contributed by atoms with Crippen LogP contribution in [0.15, 0.2) is 30.3 Å². The second-order valence-electron chi connectivity index (χ2n) is 6.44. The first kappa shape index (κ1) is 18.5. The molecule has 1 saturated heterocycles. The Morgan fingerprint density at radius 3 is 2.75 bits per heavy atom. The highest BCUT2D eigenvalue weighted by atomic mass is 16.5. The van der Waals surface area contributed by atoms with Gasteiger partial charge < -0.3 is 15.0 Å². The Bertz CT molecular complexity index is 547. The number of rotatable bonds is 8. The molecule has 5 heteroatoms. The van der Waals surface area contributed by atoms with E-state index in [2.05, 4.69) is 12.2 Å². The molecule has 2 amide bonds. The molecule has 1 aliphatic heterocycles. The first-order valence-electron chi connectivity index (χ1n) is 8.74. The minimum absolute atomic E-state index is 0.00955. The molecule has 0 aliphatic carbocycles. The van der Waals surface area contributed by atoms with Crippen molar-refractivity contribution in [3.63, 3.8) is 0 Å². The first-order chi connectivity index (χ1) is 11.5. The summed E-state index contributed by atoms with van der Waals surface area (Å²) in [6.45, 7) is 4.94. The zero-order chi connectivity index (χ0) is 17.5. The molecule has 2 rings (SSSR count). The van der Waals surface area contributed by atoms with Gasteiger partial charge >= 0.3 is 0 Å². The molecule has 1 aliphatic rings. The lowest BCUT2D eigenvalue weighted by atomic mass is 9.93. The highest BCUT2D eigenvalue weighted by molar-refractivity contribution is 5.81. The SMILES string of the molecule is CCCCO[C@H](C)C(=O)NC[C@H]1CC(=O)N(C)[C@H]1c1ccccc1. The van der Waals surface area contributed by atoms with Crippen LogP contribution in [0.4, 0.5) is 0 Å².